The molecule has 0 saturated carbocycles. The number of hydrogen-bond acceptors (Lipinski definition) is 3. The van der Waals surface area contributed by atoms with Crippen molar-refractivity contribution < 1.29 is 19.8 Å². The van der Waals surface area contributed by atoms with E-state index in [1.165, 1.54) is 24.5 Å². The van der Waals surface area contributed by atoms with Crippen molar-refractivity contribution in [2.24, 2.45) is 0 Å². The molecule has 0 aliphatic carbocycles. The lowest BCUT2D eigenvalue weighted by molar-refractivity contribution is -0.131. The Kier molecular flexibility index (Phi) is 2.96. The molecule has 5 nitrogen and oxygen atoms in total. The van der Waals surface area contributed by atoms with Gasteiger partial charge in [-0.2, -0.15) is 0 Å². The predicted octanol–water partition coefficient (Wildman–Crippen LogP) is 0.878. The van der Waals surface area contributed by atoms with Gasteiger partial charge in [0.1, 0.15) is 0 Å². The van der Waals surface area contributed by atoms with E-state index in [0.717, 1.165) is 6.08 Å². The number of pyridine rings is 1. The number of aliphatic carboxylic acids is 1. The molecule has 0 atom stereocenters. The number of aromatic carboxylic acids is 1. The van der Waals surface area contributed by atoms with E-state index in [0.29, 0.717) is 5.56 Å². The van der Waals surface area contributed by atoms with Crippen LogP contribution in [0.3, 0.4) is 0 Å². The first kappa shape index (κ1) is 9.91. The van der Waals surface area contributed by atoms with Crippen LogP contribution in [-0.4, -0.2) is 27.1 Å². The summed E-state index contributed by atoms with van der Waals surface area (Å²) >= 11 is 0. The third kappa shape index (κ3) is 2.71. The van der Waals surface area contributed by atoms with Gasteiger partial charge in [-0.1, -0.05) is 0 Å². The summed E-state index contributed by atoms with van der Waals surface area (Å²) in [5.41, 5.74) is 0.463. The molecule has 14 heavy (non-hydrogen) atoms. The lowest BCUT2D eigenvalue weighted by Gasteiger charge is -1.94. The maximum Gasteiger partial charge on any atom is 0.337 e. The van der Waals surface area contributed by atoms with Gasteiger partial charge in [0.2, 0.25) is 0 Å². The smallest absolute Gasteiger partial charge is 0.337 e. The van der Waals surface area contributed by atoms with E-state index >= 15 is 0 Å². The molecule has 0 unspecified atom stereocenters. The van der Waals surface area contributed by atoms with E-state index in [2.05, 4.69) is 4.98 Å². The summed E-state index contributed by atoms with van der Waals surface area (Å²) in [4.78, 5) is 24.3. The third-order valence-electron chi connectivity index (χ3n) is 1.42. The Morgan fingerprint density at radius 3 is 2.57 bits per heavy atom. The number of carboxylic acid groups (broad SMARTS) is 2. The van der Waals surface area contributed by atoms with Crippen LogP contribution in [-0.2, 0) is 4.79 Å². The zero-order chi connectivity index (χ0) is 10.6. The van der Waals surface area contributed by atoms with Crippen molar-refractivity contribution in [2.75, 3.05) is 0 Å². The summed E-state index contributed by atoms with van der Waals surface area (Å²) in [6.45, 7) is 0. The van der Waals surface area contributed by atoms with Crippen molar-refractivity contribution in [1.82, 2.24) is 4.98 Å². The molecule has 0 bridgehead atoms. The van der Waals surface area contributed by atoms with Gasteiger partial charge in [-0.15, -0.1) is 0 Å². The molecule has 0 saturated heterocycles. The van der Waals surface area contributed by atoms with Crippen LogP contribution < -0.4 is 0 Å². The minimum Gasteiger partial charge on any atom is -0.478 e. The Morgan fingerprint density at radius 2 is 2.00 bits per heavy atom. The topological polar surface area (TPSA) is 87.5 Å². The molecule has 0 amide bonds. The summed E-state index contributed by atoms with van der Waals surface area (Å²) in [6, 6.07) is 1.34. The maximum atomic E-state index is 10.5. The molecule has 0 fully saturated rings. The van der Waals surface area contributed by atoms with Crippen molar-refractivity contribution in [2.45, 2.75) is 0 Å². The number of carbonyl (C=O) groups is 2. The fourth-order valence-corrected chi connectivity index (χ4v) is 0.833. The standard InChI is InChI=1S/C9H7NO4/c11-8(12)2-1-6-3-7(9(13)14)5-10-4-6/h1-5H,(H,11,12)(H,13,14). The van der Waals surface area contributed by atoms with Crippen LogP contribution in [0.25, 0.3) is 6.08 Å². The first-order valence-electron chi connectivity index (χ1n) is 3.69. The van der Waals surface area contributed by atoms with Crippen LogP contribution >= 0.6 is 0 Å². The lowest BCUT2D eigenvalue weighted by atomic mass is 10.2. The molecule has 0 aliphatic rings. The van der Waals surface area contributed by atoms with Gasteiger partial charge in [-0.05, 0) is 17.7 Å². The van der Waals surface area contributed by atoms with Gasteiger partial charge in [-0.3, -0.25) is 4.98 Å². The average Bonchev–Trinajstić information content (AvgIpc) is 2.15. The average molecular weight is 193 g/mol. The van der Waals surface area contributed by atoms with E-state index in [9.17, 15) is 9.59 Å². The lowest BCUT2D eigenvalue weighted by Crippen LogP contribution is -1.97. The highest BCUT2D eigenvalue weighted by Gasteiger charge is 2.02. The molecule has 1 rings (SSSR count). The van der Waals surface area contributed by atoms with Gasteiger partial charge in [0, 0.05) is 18.5 Å². The summed E-state index contributed by atoms with van der Waals surface area (Å²) in [5, 5.41) is 16.9. The highest BCUT2D eigenvalue weighted by atomic mass is 16.4. The van der Waals surface area contributed by atoms with Gasteiger partial charge in [0.25, 0.3) is 0 Å². The predicted molar refractivity (Wildman–Crippen MR) is 47.9 cm³/mol. The number of hydrogen-bond donors (Lipinski definition) is 2. The second-order valence-electron chi connectivity index (χ2n) is 2.48. The van der Waals surface area contributed by atoms with Gasteiger partial charge in [0.05, 0.1) is 5.56 Å². The number of nitrogens with zero attached hydrogens (tertiary/aromatic N) is 1. The third-order valence-corrected chi connectivity index (χ3v) is 1.42. The minimum absolute atomic E-state index is 0.0255. The Balaban J connectivity index is 2.94. The Hall–Kier alpha value is -2.17. The van der Waals surface area contributed by atoms with E-state index in [4.69, 9.17) is 10.2 Å². The highest BCUT2D eigenvalue weighted by molar-refractivity contribution is 5.89. The molecular formula is C9H7NO4. The molecule has 5 heteroatoms. The normalized spacial score (nSPS) is 10.3. The minimum atomic E-state index is -1.09. The van der Waals surface area contributed by atoms with E-state index in [1.54, 1.807) is 0 Å². The van der Waals surface area contributed by atoms with Crippen LogP contribution in [0.5, 0.6) is 0 Å². The molecule has 1 aromatic rings. The molecule has 0 radical (unpaired) electrons. The van der Waals surface area contributed by atoms with E-state index in [-0.39, 0.29) is 5.56 Å². The monoisotopic (exact) mass is 193 g/mol. The molecule has 0 aliphatic heterocycles. The van der Waals surface area contributed by atoms with Crippen molar-refractivity contribution in [3.8, 4) is 0 Å². The van der Waals surface area contributed by atoms with E-state index in [1.807, 2.05) is 0 Å². The van der Waals surface area contributed by atoms with Crippen molar-refractivity contribution in [3.63, 3.8) is 0 Å². The Morgan fingerprint density at radius 1 is 1.29 bits per heavy atom. The zero-order valence-corrected chi connectivity index (χ0v) is 7.04. The SMILES string of the molecule is O=C(O)C=Cc1cncc(C(=O)O)c1. The first-order chi connectivity index (χ1) is 6.59. The van der Waals surface area contributed by atoms with Crippen LogP contribution in [0.15, 0.2) is 24.5 Å². The first-order valence-corrected chi connectivity index (χ1v) is 3.69. The van der Waals surface area contributed by atoms with Gasteiger partial charge in [-0.25, -0.2) is 9.59 Å². The van der Waals surface area contributed by atoms with Crippen LogP contribution in [0.4, 0.5) is 0 Å². The number of carboxylic acids is 2. The molecule has 2 N–H and O–H groups in total. The zero-order valence-electron chi connectivity index (χ0n) is 7.04. The Labute approximate surface area is 79.3 Å². The largest absolute Gasteiger partial charge is 0.478 e. The molecule has 1 aromatic heterocycles. The van der Waals surface area contributed by atoms with Crippen LogP contribution in [0.1, 0.15) is 15.9 Å². The van der Waals surface area contributed by atoms with Crippen molar-refractivity contribution in [3.05, 3.63) is 35.7 Å². The fraction of sp³-hybridized carbons (Fsp3) is 0. The Bertz CT molecular complexity index is 398. The quantitative estimate of drug-likeness (QED) is 0.695. The van der Waals surface area contributed by atoms with E-state index < -0.39 is 11.9 Å². The van der Waals surface area contributed by atoms with Crippen LogP contribution in [0.2, 0.25) is 0 Å². The van der Waals surface area contributed by atoms with Gasteiger partial charge in [0.15, 0.2) is 0 Å². The second-order valence-corrected chi connectivity index (χ2v) is 2.48. The van der Waals surface area contributed by atoms with Gasteiger partial charge < -0.3 is 10.2 Å². The summed E-state index contributed by atoms with van der Waals surface area (Å²) < 4.78 is 0. The second kappa shape index (κ2) is 4.18. The van der Waals surface area contributed by atoms with Crippen molar-refractivity contribution in [1.29, 1.82) is 0 Å². The maximum absolute atomic E-state index is 10.5. The number of aromatic nitrogens is 1. The molecule has 0 spiro atoms. The summed E-state index contributed by atoms with van der Waals surface area (Å²) in [5.74, 6) is -2.19. The molecular weight excluding hydrogens is 186 g/mol. The van der Waals surface area contributed by atoms with Crippen LogP contribution in [0, 0.1) is 0 Å². The molecule has 0 aromatic carbocycles. The van der Waals surface area contributed by atoms with Gasteiger partial charge >= 0.3 is 11.9 Å². The fourth-order valence-electron chi connectivity index (χ4n) is 0.833. The molecule has 72 valence electrons. The number of rotatable bonds is 3. The summed E-state index contributed by atoms with van der Waals surface area (Å²) in [6.07, 6.45) is 4.77. The highest BCUT2D eigenvalue weighted by Crippen LogP contribution is 2.04. The van der Waals surface area contributed by atoms with Crippen molar-refractivity contribution >= 4 is 18.0 Å². The molecule has 1 heterocycles. The summed E-state index contributed by atoms with van der Waals surface area (Å²) in [7, 11) is 0.